The van der Waals surface area contributed by atoms with Gasteiger partial charge < -0.3 is 9.64 Å². The third-order valence-electron chi connectivity index (χ3n) is 4.28. The second-order valence-corrected chi connectivity index (χ2v) is 6.12. The molecule has 116 valence electrons. The van der Waals surface area contributed by atoms with E-state index in [9.17, 15) is 4.79 Å². The zero-order valence-corrected chi connectivity index (χ0v) is 13.6. The Balaban J connectivity index is 2.20. The molecule has 1 aromatic carbocycles. The molecular formula is C17H24ClNO2. The van der Waals surface area contributed by atoms with Crippen LogP contribution in [0.25, 0.3) is 0 Å². The van der Waals surface area contributed by atoms with Crippen LogP contribution in [0.15, 0.2) is 24.3 Å². The van der Waals surface area contributed by atoms with Gasteiger partial charge in [-0.2, -0.15) is 0 Å². The first-order chi connectivity index (χ1) is 10.1. The number of hydrogen-bond donors (Lipinski definition) is 0. The monoisotopic (exact) mass is 309 g/mol. The summed E-state index contributed by atoms with van der Waals surface area (Å²) in [6.45, 7) is 2.29. The number of rotatable bonds is 5. The molecule has 1 aliphatic rings. The van der Waals surface area contributed by atoms with Crippen LogP contribution in [0.1, 0.15) is 39.0 Å². The van der Waals surface area contributed by atoms with Crippen LogP contribution in [0.3, 0.4) is 0 Å². The van der Waals surface area contributed by atoms with Gasteiger partial charge in [0.1, 0.15) is 6.04 Å². The van der Waals surface area contributed by atoms with Crippen molar-refractivity contribution in [2.45, 2.75) is 45.1 Å². The highest BCUT2D eigenvalue weighted by atomic mass is 35.5. The Hall–Kier alpha value is -1.22. The maximum absolute atomic E-state index is 12.4. The molecule has 0 aromatic heterocycles. The van der Waals surface area contributed by atoms with Gasteiger partial charge in [0.15, 0.2) is 0 Å². The van der Waals surface area contributed by atoms with Crippen molar-refractivity contribution >= 4 is 23.3 Å². The van der Waals surface area contributed by atoms with E-state index in [1.165, 1.54) is 19.3 Å². The standard InChI is InChI=1S/C17H24ClNO2/c1-3-21-17(20)16(13-7-5-4-6-8-13)19(2)15-11-9-14(18)10-12-15/h9-13,16H,3-8H2,1-2H3. The van der Waals surface area contributed by atoms with Crippen molar-refractivity contribution in [2.24, 2.45) is 5.92 Å². The fraction of sp³-hybridized carbons (Fsp3) is 0.588. The van der Waals surface area contributed by atoms with Gasteiger partial charge in [-0.1, -0.05) is 30.9 Å². The molecule has 0 heterocycles. The lowest BCUT2D eigenvalue weighted by Gasteiger charge is -2.36. The fourth-order valence-corrected chi connectivity index (χ4v) is 3.31. The van der Waals surface area contributed by atoms with E-state index in [0.29, 0.717) is 17.5 Å². The molecule has 0 N–H and O–H groups in total. The molecule has 1 fully saturated rings. The van der Waals surface area contributed by atoms with Gasteiger partial charge >= 0.3 is 5.97 Å². The average molecular weight is 310 g/mol. The molecule has 3 nitrogen and oxygen atoms in total. The molecule has 1 unspecified atom stereocenters. The van der Waals surface area contributed by atoms with Gasteiger partial charge in [-0.15, -0.1) is 0 Å². The number of nitrogens with zero attached hydrogens (tertiary/aromatic N) is 1. The second-order valence-electron chi connectivity index (χ2n) is 5.68. The smallest absolute Gasteiger partial charge is 0.329 e. The molecule has 0 bridgehead atoms. The molecular weight excluding hydrogens is 286 g/mol. The molecule has 0 saturated heterocycles. The topological polar surface area (TPSA) is 29.5 Å². The van der Waals surface area contributed by atoms with Crippen LogP contribution < -0.4 is 4.90 Å². The number of hydrogen-bond acceptors (Lipinski definition) is 3. The quantitative estimate of drug-likeness (QED) is 0.760. The number of benzene rings is 1. The van der Waals surface area contributed by atoms with Crippen molar-refractivity contribution in [1.29, 1.82) is 0 Å². The summed E-state index contributed by atoms with van der Waals surface area (Å²) in [7, 11) is 1.97. The Labute approximate surface area is 132 Å². The van der Waals surface area contributed by atoms with Crippen molar-refractivity contribution in [3.8, 4) is 0 Å². The zero-order valence-electron chi connectivity index (χ0n) is 12.8. The number of halogens is 1. The third kappa shape index (κ3) is 4.13. The summed E-state index contributed by atoms with van der Waals surface area (Å²) in [4.78, 5) is 14.5. The number of likely N-dealkylation sites (N-methyl/N-ethyl adjacent to an activating group) is 1. The first-order valence-corrected chi connectivity index (χ1v) is 8.16. The molecule has 0 aliphatic heterocycles. The Morgan fingerprint density at radius 2 is 1.90 bits per heavy atom. The van der Waals surface area contributed by atoms with Gasteiger partial charge in [0.25, 0.3) is 0 Å². The Kier molecular flexibility index (Phi) is 5.92. The summed E-state index contributed by atoms with van der Waals surface area (Å²) in [5.74, 6) is 0.264. The lowest BCUT2D eigenvalue weighted by Crippen LogP contribution is -2.46. The van der Waals surface area contributed by atoms with Crippen LogP contribution in [0.2, 0.25) is 5.02 Å². The first kappa shape index (κ1) is 16.2. The van der Waals surface area contributed by atoms with Crippen molar-refractivity contribution in [3.05, 3.63) is 29.3 Å². The van der Waals surface area contributed by atoms with E-state index < -0.39 is 0 Å². The van der Waals surface area contributed by atoms with Crippen LogP contribution in [0.4, 0.5) is 5.69 Å². The highest BCUT2D eigenvalue weighted by Crippen LogP contribution is 2.31. The van der Waals surface area contributed by atoms with Crippen LogP contribution >= 0.6 is 11.6 Å². The molecule has 1 saturated carbocycles. The van der Waals surface area contributed by atoms with Gasteiger partial charge in [0.2, 0.25) is 0 Å². The van der Waals surface area contributed by atoms with Crippen LogP contribution in [0.5, 0.6) is 0 Å². The largest absolute Gasteiger partial charge is 0.464 e. The highest BCUT2D eigenvalue weighted by molar-refractivity contribution is 6.30. The van der Waals surface area contributed by atoms with Crippen LogP contribution in [-0.4, -0.2) is 25.7 Å². The van der Waals surface area contributed by atoms with E-state index in [-0.39, 0.29) is 12.0 Å². The van der Waals surface area contributed by atoms with Crippen molar-refractivity contribution in [1.82, 2.24) is 0 Å². The number of carbonyl (C=O) groups excluding carboxylic acids is 1. The van der Waals surface area contributed by atoms with Crippen molar-refractivity contribution in [2.75, 3.05) is 18.6 Å². The zero-order chi connectivity index (χ0) is 15.2. The Morgan fingerprint density at radius 3 is 2.48 bits per heavy atom. The van der Waals surface area contributed by atoms with Crippen molar-refractivity contribution in [3.63, 3.8) is 0 Å². The maximum Gasteiger partial charge on any atom is 0.329 e. The molecule has 1 aliphatic carbocycles. The summed E-state index contributed by atoms with van der Waals surface area (Å²) >= 11 is 5.95. The average Bonchev–Trinajstić information content (AvgIpc) is 2.49. The molecule has 0 radical (unpaired) electrons. The summed E-state index contributed by atoms with van der Waals surface area (Å²) in [5.41, 5.74) is 1.00. The number of anilines is 1. The lowest BCUT2D eigenvalue weighted by atomic mass is 9.83. The predicted molar refractivity (Wildman–Crippen MR) is 86.9 cm³/mol. The predicted octanol–water partition coefficient (Wildman–Crippen LogP) is 4.29. The minimum atomic E-state index is -0.202. The van der Waals surface area contributed by atoms with E-state index in [1.54, 1.807) is 0 Å². The fourth-order valence-electron chi connectivity index (χ4n) is 3.18. The molecule has 0 amide bonds. The van der Waals surface area contributed by atoms with Gasteiger partial charge in [0.05, 0.1) is 6.61 Å². The normalized spacial score (nSPS) is 17.3. The molecule has 4 heteroatoms. The number of ether oxygens (including phenoxy) is 1. The van der Waals surface area contributed by atoms with Crippen LogP contribution in [-0.2, 0) is 9.53 Å². The summed E-state index contributed by atoms with van der Waals surface area (Å²) in [6, 6.07) is 7.42. The summed E-state index contributed by atoms with van der Waals surface area (Å²) in [6.07, 6.45) is 5.88. The lowest BCUT2D eigenvalue weighted by molar-refractivity contribution is -0.146. The highest BCUT2D eigenvalue weighted by Gasteiger charge is 2.34. The van der Waals surface area contributed by atoms with E-state index >= 15 is 0 Å². The maximum atomic E-state index is 12.4. The molecule has 1 aromatic rings. The molecule has 21 heavy (non-hydrogen) atoms. The Morgan fingerprint density at radius 1 is 1.29 bits per heavy atom. The van der Waals surface area contributed by atoms with Gasteiger partial charge in [-0.05, 0) is 49.9 Å². The first-order valence-electron chi connectivity index (χ1n) is 7.78. The SMILES string of the molecule is CCOC(=O)C(C1CCCCC1)N(C)c1ccc(Cl)cc1. The van der Waals surface area contributed by atoms with E-state index in [2.05, 4.69) is 0 Å². The minimum Gasteiger partial charge on any atom is -0.464 e. The number of carbonyl (C=O) groups is 1. The van der Waals surface area contributed by atoms with Crippen molar-refractivity contribution < 1.29 is 9.53 Å². The summed E-state index contributed by atoms with van der Waals surface area (Å²) < 4.78 is 5.32. The number of esters is 1. The van der Waals surface area contributed by atoms with Gasteiger partial charge in [0, 0.05) is 17.8 Å². The second kappa shape index (κ2) is 7.69. The molecule has 2 rings (SSSR count). The van der Waals surface area contributed by atoms with E-state index in [4.69, 9.17) is 16.3 Å². The minimum absolute atomic E-state index is 0.109. The van der Waals surface area contributed by atoms with Gasteiger partial charge in [-0.25, -0.2) is 4.79 Å². The van der Waals surface area contributed by atoms with E-state index in [0.717, 1.165) is 18.5 Å². The van der Waals surface area contributed by atoms with E-state index in [1.807, 2.05) is 43.1 Å². The molecule has 1 atom stereocenters. The Bertz CT molecular complexity index is 454. The van der Waals surface area contributed by atoms with Gasteiger partial charge in [-0.3, -0.25) is 0 Å². The third-order valence-corrected chi connectivity index (χ3v) is 4.53. The van der Waals surface area contributed by atoms with Crippen LogP contribution in [0, 0.1) is 5.92 Å². The molecule has 0 spiro atoms. The summed E-state index contributed by atoms with van der Waals surface area (Å²) in [5, 5.41) is 0.706.